The monoisotopic (exact) mass is 261 g/mol. The summed E-state index contributed by atoms with van der Waals surface area (Å²) in [6.07, 6.45) is 1.52. The van der Waals surface area contributed by atoms with E-state index in [4.69, 9.17) is 15.7 Å². The number of hydrogen-bond acceptors (Lipinski definition) is 4. The molecule has 1 aromatic rings. The van der Waals surface area contributed by atoms with Crippen LogP contribution >= 0.6 is 0 Å². The molecule has 1 amide bonds. The fraction of sp³-hybridized carbons (Fsp3) is 0.429. The first-order valence-corrected chi connectivity index (χ1v) is 6.22. The fourth-order valence-corrected chi connectivity index (χ4v) is 1.72. The lowest BCUT2D eigenvalue weighted by atomic mass is 10.0. The van der Waals surface area contributed by atoms with E-state index in [9.17, 15) is 4.79 Å². The Morgan fingerprint density at radius 1 is 1.58 bits per heavy atom. The molecule has 0 saturated carbocycles. The second-order valence-corrected chi connectivity index (χ2v) is 4.32. The summed E-state index contributed by atoms with van der Waals surface area (Å²) in [5.74, 6) is 0.202. The van der Waals surface area contributed by atoms with Crippen molar-refractivity contribution in [2.75, 3.05) is 19.0 Å². The SMILES string of the molecule is COc1cccc(C#N)c1NC(=O)C(C)CCCN. The lowest BCUT2D eigenvalue weighted by molar-refractivity contribution is -0.119. The van der Waals surface area contributed by atoms with Gasteiger partial charge < -0.3 is 15.8 Å². The molecule has 0 radical (unpaired) electrons. The molecule has 5 nitrogen and oxygen atoms in total. The number of para-hydroxylation sites is 1. The molecule has 1 unspecified atom stereocenters. The molecule has 0 heterocycles. The van der Waals surface area contributed by atoms with E-state index < -0.39 is 0 Å². The number of amides is 1. The molecule has 0 aliphatic carbocycles. The number of carbonyl (C=O) groups is 1. The normalized spacial score (nSPS) is 11.5. The van der Waals surface area contributed by atoms with Crippen LogP contribution in [0.1, 0.15) is 25.3 Å². The van der Waals surface area contributed by atoms with Gasteiger partial charge in [-0.05, 0) is 31.5 Å². The molecule has 102 valence electrons. The third-order valence-electron chi connectivity index (χ3n) is 2.90. The van der Waals surface area contributed by atoms with Crippen LogP contribution in [0, 0.1) is 17.2 Å². The number of benzene rings is 1. The number of nitrogens with two attached hydrogens (primary N) is 1. The summed E-state index contributed by atoms with van der Waals surface area (Å²) in [5.41, 5.74) is 6.24. The molecule has 3 N–H and O–H groups in total. The van der Waals surface area contributed by atoms with Crippen LogP contribution in [-0.4, -0.2) is 19.6 Å². The van der Waals surface area contributed by atoms with Crippen molar-refractivity contribution < 1.29 is 9.53 Å². The number of nitrogens with zero attached hydrogens (tertiary/aromatic N) is 1. The molecule has 1 rings (SSSR count). The van der Waals surface area contributed by atoms with Crippen LogP contribution in [0.25, 0.3) is 0 Å². The van der Waals surface area contributed by atoms with Gasteiger partial charge in [-0.1, -0.05) is 13.0 Å². The van der Waals surface area contributed by atoms with Gasteiger partial charge >= 0.3 is 0 Å². The first-order valence-electron chi connectivity index (χ1n) is 6.22. The van der Waals surface area contributed by atoms with Crippen molar-refractivity contribution in [3.8, 4) is 11.8 Å². The third kappa shape index (κ3) is 3.97. The van der Waals surface area contributed by atoms with E-state index in [1.54, 1.807) is 18.2 Å². The maximum Gasteiger partial charge on any atom is 0.227 e. The van der Waals surface area contributed by atoms with Crippen molar-refractivity contribution in [2.24, 2.45) is 11.7 Å². The minimum atomic E-state index is -0.153. The summed E-state index contributed by atoms with van der Waals surface area (Å²) in [6, 6.07) is 7.11. The number of anilines is 1. The van der Waals surface area contributed by atoms with Gasteiger partial charge in [0.05, 0.1) is 12.7 Å². The van der Waals surface area contributed by atoms with Crippen LogP contribution < -0.4 is 15.8 Å². The quantitative estimate of drug-likeness (QED) is 0.818. The lowest BCUT2D eigenvalue weighted by Crippen LogP contribution is -2.22. The predicted octanol–water partition coefficient (Wildman–Crippen LogP) is 1.88. The number of rotatable bonds is 6. The van der Waals surface area contributed by atoms with Crippen molar-refractivity contribution in [1.29, 1.82) is 5.26 Å². The Kier molecular flexibility index (Phi) is 5.83. The van der Waals surface area contributed by atoms with E-state index in [0.29, 0.717) is 23.5 Å². The first kappa shape index (κ1) is 15.0. The highest BCUT2D eigenvalue weighted by Crippen LogP contribution is 2.28. The maximum atomic E-state index is 12.0. The number of ether oxygens (including phenoxy) is 1. The zero-order valence-electron chi connectivity index (χ0n) is 11.3. The first-order chi connectivity index (χ1) is 9.13. The van der Waals surface area contributed by atoms with Crippen molar-refractivity contribution in [2.45, 2.75) is 19.8 Å². The summed E-state index contributed by atoms with van der Waals surface area (Å²) < 4.78 is 5.16. The summed E-state index contributed by atoms with van der Waals surface area (Å²) in [6.45, 7) is 2.40. The Morgan fingerprint density at radius 3 is 2.89 bits per heavy atom. The molecule has 0 spiro atoms. The lowest BCUT2D eigenvalue weighted by Gasteiger charge is -2.15. The van der Waals surface area contributed by atoms with Crippen molar-refractivity contribution in [3.05, 3.63) is 23.8 Å². The number of hydrogen-bond donors (Lipinski definition) is 2. The molecule has 0 aliphatic heterocycles. The van der Waals surface area contributed by atoms with Gasteiger partial charge in [-0.25, -0.2) is 0 Å². The molecule has 19 heavy (non-hydrogen) atoms. The molecule has 1 atom stereocenters. The van der Waals surface area contributed by atoms with Gasteiger partial charge in [-0.3, -0.25) is 4.79 Å². The molecule has 1 aromatic carbocycles. The van der Waals surface area contributed by atoms with Crippen LogP contribution in [0.3, 0.4) is 0 Å². The topological polar surface area (TPSA) is 88.1 Å². The Labute approximate surface area is 113 Å². The van der Waals surface area contributed by atoms with Crippen molar-refractivity contribution in [3.63, 3.8) is 0 Å². The zero-order valence-corrected chi connectivity index (χ0v) is 11.3. The van der Waals surface area contributed by atoms with Crippen LogP contribution in [0.5, 0.6) is 5.75 Å². The highest BCUT2D eigenvalue weighted by molar-refractivity contribution is 5.95. The summed E-state index contributed by atoms with van der Waals surface area (Å²) >= 11 is 0. The molecule has 0 bridgehead atoms. The molecular formula is C14H19N3O2. The van der Waals surface area contributed by atoms with Crippen molar-refractivity contribution in [1.82, 2.24) is 0 Å². The van der Waals surface area contributed by atoms with Crippen LogP contribution in [0.15, 0.2) is 18.2 Å². The number of nitriles is 1. The average molecular weight is 261 g/mol. The predicted molar refractivity (Wildman–Crippen MR) is 73.8 cm³/mol. The van der Waals surface area contributed by atoms with Crippen molar-refractivity contribution >= 4 is 11.6 Å². The van der Waals surface area contributed by atoms with Gasteiger partial charge in [-0.15, -0.1) is 0 Å². The molecule has 0 fully saturated rings. The standard InChI is InChI=1S/C14H19N3O2/c1-10(5-4-8-15)14(18)17-13-11(9-16)6-3-7-12(13)19-2/h3,6-7,10H,4-5,8,15H2,1-2H3,(H,17,18). The van der Waals surface area contributed by atoms with Gasteiger partial charge in [0, 0.05) is 5.92 Å². The van der Waals surface area contributed by atoms with E-state index in [0.717, 1.165) is 12.8 Å². The van der Waals surface area contributed by atoms with Gasteiger partial charge in [0.2, 0.25) is 5.91 Å². The van der Waals surface area contributed by atoms with Gasteiger partial charge in [0.1, 0.15) is 17.5 Å². The highest BCUT2D eigenvalue weighted by atomic mass is 16.5. The highest BCUT2D eigenvalue weighted by Gasteiger charge is 2.16. The summed E-state index contributed by atoms with van der Waals surface area (Å²) in [7, 11) is 1.50. The van der Waals surface area contributed by atoms with E-state index >= 15 is 0 Å². The largest absolute Gasteiger partial charge is 0.495 e. The Morgan fingerprint density at radius 2 is 2.32 bits per heavy atom. The summed E-state index contributed by atoms with van der Waals surface area (Å²) in [5, 5.41) is 11.8. The maximum absolute atomic E-state index is 12.0. The zero-order chi connectivity index (χ0) is 14.3. The smallest absolute Gasteiger partial charge is 0.227 e. The van der Waals surface area contributed by atoms with E-state index in [-0.39, 0.29) is 11.8 Å². The number of methoxy groups -OCH3 is 1. The van der Waals surface area contributed by atoms with E-state index in [1.807, 2.05) is 13.0 Å². The van der Waals surface area contributed by atoms with Gasteiger partial charge in [0.15, 0.2) is 0 Å². The molecule has 0 saturated heterocycles. The minimum Gasteiger partial charge on any atom is -0.495 e. The number of carbonyl (C=O) groups excluding carboxylic acids is 1. The Bertz CT molecular complexity index is 480. The van der Waals surface area contributed by atoms with Crippen LogP contribution in [0.4, 0.5) is 5.69 Å². The van der Waals surface area contributed by atoms with E-state index in [2.05, 4.69) is 5.32 Å². The minimum absolute atomic E-state index is 0.130. The van der Waals surface area contributed by atoms with Crippen LogP contribution in [0.2, 0.25) is 0 Å². The van der Waals surface area contributed by atoms with Gasteiger partial charge in [0.25, 0.3) is 0 Å². The van der Waals surface area contributed by atoms with Crippen LogP contribution in [-0.2, 0) is 4.79 Å². The molecule has 5 heteroatoms. The Balaban J connectivity index is 2.87. The Hall–Kier alpha value is -2.06. The number of nitrogens with one attached hydrogen (secondary N) is 1. The third-order valence-corrected chi connectivity index (χ3v) is 2.90. The average Bonchev–Trinajstić information content (AvgIpc) is 2.44. The molecular weight excluding hydrogens is 242 g/mol. The second-order valence-electron chi connectivity index (χ2n) is 4.32. The fourth-order valence-electron chi connectivity index (χ4n) is 1.72. The molecule has 0 aliphatic rings. The molecule has 0 aromatic heterocycles. The summed E-state index contributed by atoms with van der Waals surface area (Å²) in [4.78, 5) is 12.0. The second kappa shape index (κ2) is 7.39. The van der Waals surface area contributed by atoms with Gasteiger partial charge in [-0.2, -0.15) is 5.26 Å². The van der Waals surface area contributed by atoms with E-state index in [1.165, 1.54) is 7.11 Å².